The van der Waals surface area contributed by atoms with Crippen molar-refractivity contribution >= 4 is 11.3 Å². The van der Waals surface area contributed by atoms with Crippen LogP contribution in [-0.4, -0.2) is 25.6 Å². The van der Waals surface area contributed by atoms with Gasteiger partial charge in [-0.1, -0.05) is 5.16 Å². The summed E-state index contributed by atoms with van der Waals surface area (Å²) in [4.78, 5) is 5.52. The van der Waals surface area contributed by atoms with Gasteiger partial charge in [0.05, 0.1) is 11.1 Å². The van der Waals surface area contributed by atoms with Crippen molar-refractivity contribution in [3.05, 3.63) is 23.2 Å². The predicted octanol–water partition coefficient (Wildman–Crippen LogP) is 1.45. The topological polar surface area (TPSA) is 104 Å². The van der Waals surface area contributed by atoms with E-state index < -0.39 is 0 Å². The quantitative estimate of drug-likeness (QED) is 0.731. The standard InChI is InChI=1S/C9H4N6OS/c10-3-5-1-2-7(17-5)9-12-8(14-16-9)6-4-11-15-13-6/h1-2,4H,(H,11,13,15). The minimum Gasteiger partial charge on any atom is -0.333 e. The summed E-state index contributed by atoms with van der Waals surface area (Å²) in [6.45, 7) is 0. The second-order valence-corrected chi connectivity index (χ2v) is 4.14. The number of H-pyrrole nitrogens is 1. The fourth-order valence-corrected chi connectivity index (χ4v) is 1.97. The van der Waals surface area contributed by atoms with E-state index in [1.54, 1.807) is 12.1 Å². The third-order valence-corrected chi connectivity index (χ3v) is 2.98. The van der Waals surface area contributed by atoms with Gasteiger partial charge >= 0.3 is 0 Å². The first-order valence-electron chi connectivity index (χ1n) is 4.57. The van der Waals surface area contributed by atoms with Crippen molar-refractivity contribution in [2.24, 2.45) is 0 Å². The smallest absolute Gasteiger partial charge is 0.268 e. The molecule has 0 radical (unpaired) electrons. The molecule has 8 heteroatoms. The van der Waals surface area contributed by atoms with Crippen LogP contribution in [0.4, 0.5) is 0 Å². The summed E-state index contributed by atoms with van der Waals surface area (Å²) >= 11 is 1.30. The maximum Gasteiger partial charge on any atom is 0.268 e. The van der Waals surface area contributed by atoms with Crippen molar-refractivity contribution in [3.63, 3.8) is 0 Å². The molecule has 3 aromatic heterocycles. The summed E-state index contributed by atoms with van der Waals surface area (Å²) in [7, 11) is 0. The van der Waals surface area contributed by atoms with Crippen LogP contribution in [0.25, 0.3) is 22.3 Å². The van der Waals surface area contributed by atoms with E-state index in [0.29, 0.717) is 22.3 Å². The van der Waals surface area contributed by atoms with Gasteiger partial charge in [0.15, 0.2) is 5.69 Å². The fourth-order valence-electron chi connectivity index (χ4n) is 1.25. The van der Waals surface area contributed by atoms with E-state index in [4.69, 9.17) is 9.78 Å². The molecule has 0 saturated heterocycles. The molecule has 0 saturated carbocycles. The lowest BCUT2D eigenvalue weighted by atomic mass is 10.4. The van der Waals surface area contributed by atoms with Gasteiger partial charge < -0.3 is 4.52 Å². The Morgan fingerprint density at radius 2 is 2.35 bits per heavy atom. The lowest BCUT2D eigenvalue weighted by Gasteiger charge is -1.82. The van der Waals surface area contributed by atoms with E-state index in [2.05, 4.69) is 31.6 Å². The molecule has 0 spiro atoms. The van der Waals surface area contributed by atoms with E-state index in [1.807, 2.05) is 0 Å². The van der Waals surface area contributed by atoms with Crippen molar-refractivity contribution < 1.29 is 4.52 Å². The molecule has 0 aliphatic carbocycles. The van der Waals surface area contributed by atoms with Gasteiger partial charge in [-0.05, 0) is 12.1 Å². The number of thiophene rings is 1. The van der Waals surface area contributed by atoms with Crippen molar-refractivity contribution in [1.82, 2.24) is 25.6 Å². The van der Waals surface area contributed by atoms with Crippen LogP contribution in [0, 0.1) is 11.3 Å². The lowest BCUT2D eigenvalue weighted by molar-refractivity contribution is 0.433. The first-order chi connectivity index (χ1) is 8.36. The van der Waals surface area contributed by atoms with Crippen LogP contribution in [0.1, 0.15) is 4.88 Å². The summed E-state index contributed by atoms with van der Waals surface area (Å²) in [5, 5.41) is 22.5. The second kappa shape index (κ2) is 3.80. The molecule has 0 amide bonds. The number of nitriles is 1. The largest absolute Gasteiger partial charge is 0.333 e. The normalized spacial score (nSPS) is 10.3. The van der Waals surface area contributed by atoms with Gasteiger partial charge in [0.25, 0.3) is 5.89 Å². The molecule has 3 rings (SSSR count). The first kappa shape index (κ1) is 9.68. The highest BCUT2D eigenvalue weighted by atomic mass is 32.1. The molecule has 82 valence electrons. The molecule has 0 aliphatic rings. The Balaban J connectivity index is 1.98. The summed E-state index contributed by atoms with van der Waals surface area (Å²) < 4.78 is 5.09. The van der Waals surface area contributed by atoms with Gasteiger partial charge in [0.2, 0.25) is 5.82 Å². The Labute approximate surface area is 98.7 Å². The van der Waals surface area contributed by atoms with E-state index in [1.165, 1.54) is 17.5 Å². The van der Waals surface area contributed by atoms with Crippen molar-refractivity contribution in [3.8, 4) is 28.4 Å². The van der Waals surface area contributed by atoms with E-state index >= 15 is 0 Å². The molecule has 0 atom stereocenters. The van der Waals surface area contributed by atoms with E-state index in [9.17, 15) is 0 Å². The Bertz CT molecular complexity index is 676. The summed E-state index contributed by atoms with van der Waals surface area (Å²) in [6, 6.07) is 5.53. The second-order valence-electron chi connectivity index (χ2n) is 3.05. The average Bonchev–Trinajstić information content (AvgIpc) is 3.09. The molecule has 17 heavy (non-hydrogen) atoms. The summed E-state index contributed by atoms with van der Waals surface area (Å²) in [5.74, 6) is 0.732. The molecule has 1 N–H and O–H groups in total. The predicted molar refractivity (Wildman–Crippen MR) is 57.7 cm³/mol. The average molecular weight is 244 g/mol. The van der Waals surface area contributed by atoms with Crippen molar-refractivity contribution in [1.29, 1.82) is 5.26 Å². The highest BCUT2D eigenvalue weighted by Gasteiger charge is 2.14. The SMILES string of the molecule is N#Cc1ccc(-c2nc(-c3cn[nH]n3)no2)s1. The molecule has 3 heterocycles. The number of hydrogen-bond donors (Lipinski definition) is 1. The molecule has 0 unspecified atom stereocenters. The van der Waals surface area contributed by atoms with Crippen LogP contribution in [0.3, 0.4) is 0 Å². The zero-order valence-corrected chi connectivity index (χ0v) is 9.10. The van der Waals surface area contributed by atoms with Crippen LogP contribution in [0.2, 0.25) is 0 Å². The van der Waals surface area contributed by atoms with Gasteiger partial charge in [0, 0.05) is 0 Å². The van der Waals surface area contributed by atoms with Crippen molar-refractivity contribution in [2.75, 3.05) is 0 Å². The number of aromatic amines is 1. The Morgan fingerprint density at radius 3 is 3.06 bits per heavy atom. The van der Waals surface area contributed by atoms with E-state index in [0.717, 1.165) is 4.88 Å². The van der Waals surface area contributed by atoms with Crippen LogP contribution in [-0.2, 0) is 0 Å². The lowest BCUT2D eigenvalue weighted by Crippen LogP contribution is -1.80. The minimum atomic E-state index is 0.362. The number of nitrogens with one attached hydrogen (secondary N) is 1. The molecule has 0 aliphatic heterocycles. The monoisotopic (exact) mass is 244 g/mol. The highest BCUT2D eigenvalue weighted by molar-refractivity contribution is 7.15. The van der Waals surface area contributed by atoms with Gasteiger partial charge in [-0.2, -0.15) is 25.7 Å². The van der Waals surface area contributed by atoms with Crippen LogP contribution in [0.15, 0.2) is 22.9 Å². The minimum absolute atomic E-state index is 0.362. The Morgan fingerprint density at radius 1 is 1.41 bits per heavy atom. The van der Waals surface area contributed by atoms with Crippen LogP contribution < -0.4 is 0 Å². The molecule has 7 nitrogen and oxygen atoms in total. The van der Waals surface area contributed by atoms with Crippen molar-refractivity contribution in [2.45, 2.75) is 0 Å². The van der Waals surface area contributed by atoms with Gasteiger partial charge in [-0.15, -0.1) is 11.3 Å². The number of aromatic nitrogens is 5. The molecule has 0 fully saturated rings. The molecule has 0 aromatic carbocycles. The zero-order chi connectivity index (χ0) is 11.7. The van der Waals surface area contributed by atoms with E-state index in [-0.39, 0.29) is 0 Å². The Kier molecular flexibility index (Phi) is 2.16. The Hall–Kier alpha value is -2.53. The summed E-state index contributed by atoms with van der Waals surface area (Å²) in [6.07, 6.45) is 1.50. The zero-order valence-electron chi connectivity index (χ0n) is 8.28. The molecule has 0 bridgehead atoms. The molecule has 3 aromatic rings. The van der Waals surface area contributed by atoms with Gasteiger partial charge in [-0.3, -0.25) is 0 Å². The van der Waals surface area contributed by atoms with Gasteiger partial charge in [0.1, 0.15) is 10.9 Å². The molecular weight excluding hydrogens is 240 g/mol. The molecular formula is C9H4N6OS. The number of hydrogen-bond acceptors (Lipinski definition) is 7. The maximum atomic E-state index is 8.72. The third-order valence-electron chi connectivity index (χ3n) is 2.00. The number of rotatable bonds is 2. The van der Waals surface area contributed by atoms with Crippen LogP contribution in [0.5, 0.6) is 0 Å². The first-order valence-corrected chi connectivity index (χ1v) is 5.38. The highest BCUT2D eigenvalue weighted by Crippen LogP contribution is 2.27. The van der Waals surface area contributed by atoms with Gasteiger partial charge in [-0.25, -0.2) is 0 Å². The third kappa shape index (κ3) is 1.68. The van der Waals surface area contributed by atoms with Crippen LogP contribution >= 0.6 is 11.3 Å². The number of nitrogens with zero attached hydrogens (tertiary/aromatic N) is 5. The fraction of sp³-hybridized carbons (Fsp3) is 0. The maximum absolute atomic E-state index is 8.72. The summed E-state index contributed by atoms with van der Waals surface area (Å²) in [5.41, 5.74) is 0.511.